The topological polar surface area (TPSA) is 173 Å². The minimum Gasteiger partial charge on any atom is -0.397 e. The van der Waals surface area contributed by atoms with Gasteiger partial charge in [-0.05, 0) is 83.9 Å². The number of aromatic nitrogens is 7. The first kappa shape index (κ1) is 39.2. The molecule has 13 nitrogen and oxygen atoms in total. The maximum Gasteiger partial charge on any atom is 0.187 e. The molecule has 0 amide bonds. The van der Waals surface area contributed by atoms with E-state index >= 15 is 0 Å². The average molecular weight is 850 g/mol. The van der Waals surface area contributed by atoms with E-state index in [1.165, 1.54) is 0 Å². The maximum absolute atomic E-state index is 6.00. The van der Waals surface area contributed by atoms with Crippen molar-refractivity contribution in [1.29, 1.82) is 0 Å². The van der Waals surface area contributed by atoms with Gasteiger partial charge in [-0.2, -0.15) is 0 Å². The molecule has 0 atom stereocenters. The first-order valence-corrected chi connectivity index (χ1v) is 21.0. The molecule has 3 aromatic carbocycles. The number of thiazole rings is 2. The molecular formula is C47H39N13S2. The summed E-state index contributed by atoms with van der Waals surface area (Å²) in [7, 11) is 0. The van der Waals surface area contributed by atoms with Gasteiger partial charge in [0.25, 0.3) is 0 Å². The number of benzene rings is 3. The molecule has 15 heteroatoms. The highest BCUT2D eigenvalue weighted by Gasteiger charge is 2.12. The van der Waals surface area contributed by atoms with Crippen molar-refractivity contribution in [1.82, 2.24) is 33.7 Å². The zero-order chi connectivity index (χ0) is 42.4. The fourth-order valence-electron chi connectivity index (χ4n) is 6.49. The SMILES string of the molecule is C=C(Nc1ccccc1N)c1ccc(Nc2ncc(-c3cnc4ccccn34)s2)cc1.C=C(Nc1cccnc1N)c1ccc(Nc2ncc(-c3cnc4ccccn34)s2)cc1. The predicted molar refractivity (Wildman–Crippen MR) is 257 cm³/mol. The van der Waals surface area contributed by atoms with E-state index < -0.39 is 0 Å². The standard InChI is InChI=1S/C24H20N6S.C23H19N7S/c1-16(28-20-7-3-2-6-19(20)25)17-9-11-18(12-10-17)29-24-27-15-22(31-24)21-14-26-23-8-4-5-13-30(21)23;1-15(28-18-5-4-11-25-22(18)24)16-7-9-17(10-8-16)29-23-27-14-20(31-23)19-13-26-21-6-2-3-12-30(19)21/h2-15,28H,1,25H2,(H,27,29);2-14,28H,1H2,(H2,24,25)(H,27,29). The first-order valence-electron chi connectivity index (χ1n) is 19.3. The zero-order valence-corrected chi connectivity index (χ0v) is 34.7. The minimum absolute atomic E-state index is 0.437. The lowest BCUT2D eigenvalue weighted by atomic mass is 10.1. The molecule has 0 aliphatic rings. The van der Waals surface area contributed by atoms with Gasteiger partial charge >= 0.3 is 0 Å². The van der Waals surface area contributed by atoms with Crippen LogP contribution in [0.25, 0.3) is 43.8 Å². The lowest BCUT2D eigenvalue weighted by molar-refractivity contribution is 1.19. The van der Waals surface area contributed by atoms with E-state index in [1.807, 2.05) is 159 Å². The number of nitrogens with zero attached hydrogens (tertiary/aromatic N) is 7. The van der Waals surface area contributed by atoms with Crippen molar-refractivity contribution in [2.75, 3.05) is 32.7 Å². The molecule has 7 aromatic heterocycles. The lowest BCUT2D eigenvalue weighted by Gasteiger charge is -2.12. The molecule has 8 N–H and O–H groups in total. The monoisotopic (exact) mass is 849 g/mol. The molecule has 0 radical (unpaired) electrons. The molecule has 0 saturated carbocycles. The summed E-state index contributed by atoms with van der Waals surface area (Å²) in [5.74, 6) is 0.437. The van der Waals surface area contributed by atoms with Gasteiger partial charge in [-0.25, -0.2) is 24.9 Å². The Hall–Kier alpha value is -8.27. The number of fused-ring (bicyclic) bond motifs is 2. The quantitative estimate of drug-likeness (QED) is 0.0646. The molecule has 0 aliphatic heterocycles. The Bertz CT molecular complexity index is 2950. The number of rotatable bonds is 12. The second kappa shape index (κ2) is 17.5. The number of nitrogens with one attached hydrogen (secondary N) is 4. The molecule has 304 valence electrons. The van der Waals surface area contributed by atoms with Gasteiger partial charge in [0.2, 0.25) is 0 Å². The van der Waals surface area contributed by atoms with Crippen molar-refractivity contribution in [3.63, 3.8) is 0 Å². The van der Waals surface area contributed by atoms with E-state index in [0.29, 0.717) is 11.5 Å². The molecular weight excluding hydrogens is 811 g/mol. The Kier molecular flexibility index (Phi) is 11.1. The number of imidazole rings is 2. The summed E-state index contributed by atoms with van der Waals surface area (Å²) in [5.41, 5.74) is 23.4. The van der Waals surface area contributed by atoms with E-state index in [0.717, 1.165) is 88.0 Å². The van der Waals surface area contributed by atoms with Crippen molar-refractivity contribution >= 4 is 89.9 Å². The highest BCUT2D eigenvalue weighted by Crippen LogP contribution is 2.33. The summed E-state index contributed by atoms with van der Waals surface area (Å²) < 4.78 is 4.11. The summed E-state index contributed by atoms with van der Waals surface area (Å²) in [4.78, 5) is 24.1. The Morgan fingerprint density at radius 3 is 1.50 bits per heavy atom. The van der Waals surface area contributed by atoms with Gasteiger partial charge in [-0.3, -0.25) is 8.80 Å². The average Bonchev–Trinajstić information content (AvgIpc) is 4.13. The zero-order valence-electron chi connectivity index (χ0n) is 33.1. The molecule has 0 unspecified atom stereocenters. The van der Waals surface area contributed by atoms with Crippen LogP contribution in [0.2, 0.25) is 0 Å². The van der Waals surface area contributed by atoms with Crippen molar-refractivity contribution < 1.29 is 0 Å². The van der Waals surface area contributed by atoms with Gasteiger partial charge in [-0.1, -0.05) is 84.4 Å². The van der Waals surface area contributed by atoms with Crippen LogP contribution in [0.3, 0.4) is 0 Å². The summed E-state index contributed by atoms with van der Waals surface area (Å²) in [6.07, 6.45) is 13.1. The molecule has 62 heavy (non-hydrogen) atoms. The predicted octanol–water partition coefficient (Wildman–Crippen LogP) is 11.1. The van der Waals surface area contributed by atoms with Crippen molar-refractivity contribution in [2.24, 2.45) is 0 Å². The van der Waals surface area contributed by atoms with Crippen LogP contribution in [-0.2, 0) is 0 Å². The number of para-hydroxylation sites is 2. The van der Waals surface area contributed by atoms with E-state index in [1.54, 1.807) is 28.9 Å². The minimum atomic E-state index is 0.437. The normalized spacial score (nSPS) is 10.8. The molecule has 0 saturated heterocycles. The van der Waals surface area contributed by atoms with Gasteiger partial charge < -0.3 is 32.7 Å². The van der Waals surface area contributed by atoms with Crippen LogP contribution in [0.5, 0.6) is 0 Å². The number of hydrogen-bond acceptors (Lipinski definition) is 13. The van der Waals surface area contributed by atoms with Gasteiger partial charge in [0.1, 0.15) is 17.1 Å². The van der Waals surface area contributed by atoms with Crippen LogP contribution in [-0.4, -0.2) is 33.7 Å². The second-order valence-corrected chi connectivity index (χ2v) is 15.9. The Morgan fingerprint density at radius 1 is 0.500 bits per heavy atom. The van der Waals surface area contributed by atoms with Crippen molar-refractivity contribution in [3.05, 3.63) is 189 Å². The van der Waals surface area contributed by atoms with E-state index in [2.05, 4.69) is 68.1 Å². The van der Waals surface area contributed by atoms with Crippen LogP contribution >= 0.6 is 22.7 Å². The third-order valence-corrected chi connectivity index (χ3v) is 11.6. The number of pyridine rings is 3. The van der Waals surface area contributed by atoms with Gasteiger partial charge in [0.15, 0.2) is 10.3 Å². The van der Waals surface area contributed by atoms with Crippen molar-refractivity contribution in [2.45, 2.75) is 0 Å². The van der Waals surface area contributed by atoms with E-state index in [9.17, 15) is 0 Å². The summed E-state index contributed by atoms with van der Waals surface area (Å²) >= 11 is 3.17. The summed E-state index contributed by atoms with van der Waals surface area (Å²) in [6.45, 7) is 8.22. The maximum atomic E-state index is 6.00. The molecule has 10 rings (SSSR count). The van der Waals surface area contributed by atoms with Crippen LogP contribution in [0.4, 0.5) is 44.5 Å². The Labute approximate surface area is 364 Å². The van der Waals surface area contributed by atoms with Crippen molar-refractivity contribution in [3.8, 4) is 21.1 Å². The van der Waals surface area contributed by atoms with Crippen LogP contribution in [0.15, 0.2) is 178 Å². The molecule has 0 spiro atoms. The Balaban J connectivity index is 0.000000158. The molecule has 7 heterocycles. The second-order valence-electron chi connectivity index (χ2n) is 13.8. The third-order valence-electron chi connectivity index (χ3n) is 9.69. The Morgan fingerprint density at radius 2 is 0.984 bits per heavy atom. The van der Waals surface area contributed by atoms with Crippen LogP contribution < -0.4 is 32.7 Å². The van der Waals surface area contributed by atoms with E-state index in [4.69, 9.17) is 11.5 Å². The fraction of sp³-hybridized carbons (Fsp3) is 0. The third kappa shape index (κ3) is 8.70. The number of nitrogens with two attached hydrogens (primary N) is 2. The number of nitrogen functional groups attached to an aromatic ring is 2. The number of anilines is 8. The fourth-order valence-corrected chi connectivity index (χ4v) is 8.18. The van der Waals surface area contributed by atoms with Gasteiger partial charge in [0, 0.05) is 53.8 Å². The lowest BCUT2D eigenvalue weighted by Crippen LogP contribution is -2.02. The summed E-state index contributed by atoms with van der Waals surface area (Å²) in [6, 6.07) is 39.2. The molecule has 0 fully saturated rings. The highest BCUT2D eigenvalue weighted by atomic mass is 32.1. The van der Waals surface area contributed by atoms with Crippen LogP contribution in [0.1, 0.15) is 11.1 Å². The summed E-state index contributed by atoms with van der Waals surface area (Å²) in [5, 5.41) is 14.8. The molecule has 0 bridgehead atoms. The largest absolute Gasteiger partial charge is 0.397 e. The van der Waals surface area contributed by atoms with Crippen LogP contribution in [0, 0.1) is 0 Å². The highest BCUT2D eigenvalue weighted by molar-refractivity contribution is 7.19. The molecule has 0 aliphatic carbocycles. The van der Waals surface area contributed by atoms with E-state index in [-0.39, 0.29) is 0 Å². The first-order chi connectivity index (χ1) is 30.3. The smallest absolute Gasteiger partial charge is 0.187 e. The number of hydrogen-bond donors (Lipinski definition) is 6. The molecule has 10 aromatic rings. The van der Waals surface area contributed by atoms with Gasteiger partial charge in [0.05, 0.1) is 50.6 Å². The van der Waals surface area contributed by atoms with Gasteiger partial charge in [-0.15, -0.1) is 0 Å².